The molecule has 0 amide bonds. The van der Waals surface area contributed by atoms with E-state index in [1.807, 2.05) is 25.1 Å². The van der Waals surface area contributed by atoms with Crippen molar-refractivity contribution in [1.82, 2.24) is 15.7 Å². The molecule has 0 spiro atoms. The number of rotatable bonds is 7. The molecule has 1 fully saturated rings. The predicted octanol–water partition coefficient (Wildman–Crippen LogP) is 2.48. The molecule has 1 aromatic carbocycles. The maximum Gasteiger partial charge on any atom is 0.187 e. The molecule has 1 saturated heterocycles. The first-order valence-electron chi connectivity index (χ1n) is 9.15. The van der Waals surface area contributed by atoms with Crippen molar-refractivity contribution in [3.63, 3.8) is 0 Å². The minimum atomic E-state index is 0.108. The molecule has 1 aromatic heterocycles. The Bertz CT molecular complexity index is 791. The van der Waals surface area contributed by atoms with Gasteiger partial charge in [-0.25, -0.2) is 4.98 Å². The van der Waals surface area contributed by atoms with E-state index < -0.39 is 0 Å². The summed E-state index contributed by atoms with van der Waals surface area (Å²) in [5.41, 5.74) is 4.85. The van der Waals surface area contributed by atoms with Crippen molar-refractivity contribution in [2.45, 2.75) is 13.0 Å². The molecule has 2 aromatic rings. The van der Waals surface area contributed by atoms with Crippen molar-refractivity contribution in [2.24, 2.45) is 5.10 Å². The summed E-state index contributed by atoms with van der Waals surface area (Å²) in [7, 11) is 1.66. The molecular weight excluding hydrogens is 394 g/mol. The van der Waals surface area contributed by atoms with Gasteiger partial charge in [-0.1, -0.05) is 41.7 Å². The van der Waals surface area contributed by atoms with E-state index in [4.69, 9.17) is 26.7 Å². The zero-order chi connectivity index (χ0) is 19.8. The second kappa shape index (κ2) is 10.5. The first-order chi connectivity index (χ1) is 13.7. The van der Waals surface area contributed by atoms with Crippen LogP contribution in [0.2, 0.25) is 0 Å². The van der Waals surface area contributed by atoms with Gasteiger partial charge in [0.15, 0.2) is 10.2 Å². The summed E-state index contributed by atoms with van der Waals surface area (Å²) in [6.07, 6.45) is 1.78. The Balaban J connectivity index is 1.74. The van der Waals surface area contributed by atoms with Crippen LogP contribution in [0.3, 0.4) is 0 Å². The maximum absolute atomic E-state index is 5.45. The van der Waals surface area contributed by atoms with Gasteiger partial charge >= 0.3 is 0 Å². The fraction of sp³-hybridized carbons (Fsp3) is 0.421. The highest BCUT2D eigenvalue weighted by atomic mass is 32.1. The van der Waals surface area contributed by atoms with E-state index in [2.05, 4.69) is 32.9 Å². The summed E-state index contributed by atoms with van der Waals surface area (Å²) < 4.78 is 10.5. The molecule has 0 aliphatic carbocycles. The zero-order valence-electron chi connectivity index (χ0n) is 16.1. The van der Waals surface area contributed by atoms with Crippen LogP contribution >= 0.6 is 23.6 Å². The second-order valence-corrected chi connectivity index (χ2v) is 7.79. The van der Waals surface area contributed by atoms with Crippen molar-refractivity contribution in [2.75, 3.05) is 44.9 Å². The Morgan fingerprint density at radius 3 is 2.86 bits per heavy atom. The average Bonchev–Trinajstić information content (AvgIpc) is 3.14. The van der Waals surface area contributed by atoms with Crippen molar-refractivity contribution in [3.05, 3.63) is 35.2 Å². The van der Waals surface area contributed by atoms with Gasteiger partial charge in [0.1, 0.15) is 0 Å². The lowest BCUT2D eigenvalue weighted by atomic mass is 10.1. The third-order valence-electron chi connectivity index (χ3n) is 4.11. The minimum Gasteiger partial charge on any atom is -0.383 e. The maximum atomic E-state index is 5.45. The number of nitrogens with zero attached hydrogens (tertiary/aromatic N) is 3. The summed E-state index contributed by atoms with van der Waals surface area (Å²) in [5, 5.41) is 8.87. The summed E-state index contributed by atoms with van der Waals surface area (Å²) in [6.45, 7) is 5.72. The molecule has 0 saturated carbocycles. The summed E-state index contributed by atoms with van der Waals surface area (Å²) in [5.74, 6) is 0. The van der Waals surface area contributed by atoms with Gasteiger partial charge < -0.3 is 19.7 Å². The van der Waals surface area contributed by atoms with Crippen LogP contribution in [0.25, 0.3) is 11.3 Å². The van der Waals surface area contributed by atoms with E-state index in [0.717, 1.165) is 47.6 Å². The molecule has 0 bridgehead atoms. The molecule has 28 heavy (non-hydrogen) atoms. The van der Waals surface area contributed by atoms with Gasteiger partial charge in [-0.3, -0.25) is 5.43 Å². The van der Waals surface area contributed by atoms with Crippen LogP contribution in [-0.2, 0) is 9.47 Å². The summed E-state index contributed by atoms with van der Waals surface area (Å²) in [4.78, 5) is 8.11. The normalized spacial score (nSPS) is 15.6. The number of thiazole rings is 1. The Morgan fingerprint density at radius 1 is 1.39 bits per heavy atom. The highest BCUT2D eigenvalue weighted by Crippen LogP contribution is 2.32. The number of anilines is 1. The first-order valence-corrected chi connectivity index (χ1v) is 10.4. The second-order valence-electron chi connectivity index (χ2n) is 6.37. The van der Waals surface area contributed by atoms with Crippen molar-refractivity contribution < 1.29 is 9.47 Å². The zero-order valence-corrected chi connectivity index (χ0v) is 17.7. The molecule has 7 nitrogen and oxygen atoms in total. The molecule has 1 aliphatic rings. The van der Waals surface area contributed by atoms with Gasteiger partial charge in [-0.2, -0.15) is 5.10 Å². The number of hydrogen-bond acceptors (Lipinski definition) is 7. The van der Waals surface area contributed by atoms with E-state index in [1.165, 1.54) is 0 Å². The highest BCUT2D eigenvalue weighted by molar-refractivity contribution is 7.80. The minimum absolute atomic E-state index is 0.108. The fourth-order valence-corrected chi connectivity index (χ4v) is 4.06. The number of hydrazone groups is 1. The lowest BCUT2D eigenvalue weighted by Crippen LogP contribution is -2.40. The van der Waals surface area contributed by atoms with Crippen molar-refractivity contribution in [1.29, 1.82) is 0 Å². The Labute approximate surface area is 174 Å². The van der Waals surface area contributed by atoms with E-state index in [9.17, 15) is 0 Å². The van der Waals surface area contributed by atoms with Crippen LogP contribution in [0.4, 0.5) is 5.13 Å². The van der Waals surface area contributed by atoms with Gasteiger partial charge in [0.25, 0.3) is 0 Å². The van der Waals surface area contributed by atoms with Gasteiger partial charge in [-0.05, 0) is 19.1 Å². The molecule has 9 heteroatoms. The van der Waals surface area contributed by atoms with Crippen LogP contribution in [0.15, 0.2) is 35.4 Å². The highest BCUT2D eigenvalue weighted by Gasteiger charge is 2.18. The van der Waals surface area contributed by atoms with Crippen LogP contribution in [0.1, 0.15) is 11.8 Å². The van der Waals surface area contributed by atoms with Crippen LogP contribution in [0.5, 0.6) is 0 Å². The van der Waals surface area contributed by atoms with Gasteiger partial charge in [0, 0.05) is 31.8 Å². The first kappa shape index (κ1) is 20.7. The van der Waals surface area contributed by atoms with E-state index in [1.54, 1.807) is 24.7 Å². The monoisotopic (exact) mass is 419 g/mol. The lowest BCUT2D eigenvalue weighted by Gasteiger charge is -2.26. The quantitative estimate of drug-likeness (QED) is 0.406. The van der Waals surface area contributed by atoms with E-state index >= 15 is 0 Å². The Morgan fingerprint density at radius 2 is 2.14 bits per heavy atom. The lowest BCUT2D eigenvalue weighted by molar-refractivity contribution is 0.122. The molecular formula is C19H25N5O2S2. The molecule has 0 unspecified atom stereocenters. The third kappa shape index (κ3) is 5.71. The number of morpholine rings is 1. The number of hydrogen-bond donors (Lipinski definition) is 2. The standard InChI is InChI=1S/C19H25N5O2S2/c1-14(13-25-2)21-18(27)23-20-12-16-17(15-6-4-3-5-7-15)22-19(28-16)24-8-10-26-11-9-24/h3-7,12,14H,8-11,13H2,1-2H3,(H2,21,23,27)/b20-12-/t14-/m0/s1. The van der Waals surface area contributed by atoms with Gasteiger partial charge in [0.05, 0.1) is 36.6 Å². The van der Waals surface area contributed by atoms with Crippen LogP contribution in [0, 0.1) is 0 Å². The summed E-state index contributed by atoms with van der Waals surface area (Å²) >= 11 is 6.89. The number of aromatic nitrogens is 1. The SMILES string of the molecule is COC[C@H](C)NC(=S)N/N=C\c1sc(N2CCOCC2)nc1-c1ccccc1. The van der Waals surface area contributed by atoms with Gasteiger partial charge in [-0.15, -0.1) is 0 Å². The molecule has 1 atom stereocenters. The number of methoxy groups -OCH3 is 1. The van der Waals surface area contributed by atoms with Crippen LogP contribution < -0.4 is 15.6 Å². The molecule has 2 N–H and O–H groups in total. The molecule has 0 radical (unpaired) electrons. The Hall–Kier alpha value is -2.07. The molecule has 3 rings (SSSR count). The summed E-state index contributed by atoms with van der Waals surface area (Å²) in [6, 6.07) is 10.2. The largest absolute Gasteiger partial charge is 0.383 e. The number of nitrogens with one attached hydrogen (secondary N) is 2. The van der Waals surface area contributed by atoms with E-state index in [0.29, 0.717) is 11.7 Å². The smallest absolute Gasteiger partial charge is 0.187 e. The number of thiocarbonyl (C=S) groups is 1. The van der Waals surface area contributed by atoms with E-state index in [-0.39, 0.29) is 6.04 Å². The third-order valence-corrected chi connectivity index (χ3v) is 5.37. The number of benzene rings is 1. The molecule has 150 valence electrons. The topological polar surface area (TPSA) is 71.0 Å². The molecule has 2 heterocycles. The Kier molecular flexibility index (Phi) is 7.72. The fourth-order valence-electron chi connectivity index (χ4n) is 2.80. The van der Waals surface area contributed by atoms with Gasteiger partial charge in [0.2, 0.25) is 0 Å². The van der Waals surface area contributed by atoms with Crippen molar-refractivity contribution in [3.8, 4) is 11.3 Å². The van der Waals surface area contributed by atoms with Crippen LogP contribution in [-0.4, -0.2) is 62.4 Å². The number of ether oxygens (including phenoxy) is 2. The predicted molar refractivity (Wildman–Crippen MR) is 118 cm³/mol. The molecule has 1 aliphatic heterocycles. The van der Waals surface area contributed by atoms with Crippen molar-refractivity contribution >= 4 is 40.0 Å². The average molecular weight is 420 g/mol.